The summed E-state index contributed by atoms with van der Waals surface area (Å²) in [6.07, 6.45) is -0.535. The van der Waals surface area contributed by atoms with Gasteiger partial charge in [-0.3, -0.25) is 0 Å². The highest BCUT2D eigenvalue weighted by molar-refractivity contribution is 7.91. The predicted octanol–water partition coefficient (Wildman–Crippen LogP) is 0.301. The van der Waals surface area contributed by atoms with Gasteiger partial charge in [-0.25, -0.2) is 13.2 Å². The molecule has 1 N–H and O–H groups in total. The Morgan fingerprint density at radius 1 is 1.50 bits per heavy atom. The summed E-state index contributed by atoms with van der Waals surface area (Å²) in [6.45, 7) is 3.15. The van der Waals surface area contributed by atoms with Crippen molar-refractivity contribution in [2.75, 3.05) is 18.1 Å². The van der Waals surface area contributed by atoms with Gasteiger partial charge in [0.05, 0.1) is 5.75 Å². The van der Waals surface area contributed by atoms with Crippen LogP contribution < -0.4 is 0 Å². The second kappa shape index (κ2) is 5.98. The van der Waals surface area contributed by atoms with Crippen LogP contribution in [0.3, 0.4) is 0 Å². The molecule has 6 heteroatoms. The zero-order valence-electron chi connectivity index (χ0n) is 8.39. The molecule has 84 valence electrons. The standard InChI is InChI=1S/C8H16O5S/c1-3-14(11,12)6-4-5-13-7(2)8(9)10/h7H,3-6H2,1-2H3,(H,9,10)/t7-/m1/s1. The number of sulfone groups is 1. The van der Waals surface area contributed by atoms with Crippen molar-refractivity contribution >= 4 is 15.8 Å². The maximum absolute atomic E-state index is 11.0. The molecular weight excluding hydrogens is 208 g/mol. The Balaban J connectivity index is 3.62. The van der Waals surface area contributed by atoms with Crippen molar-refractivity contribution < 1.29 is 23.1 Å². The third-order valence-corrected chi connectivity index (χ3v) is 3.55. The summed E-state index contributed by atoms with van der Waals surface area (Å²) in [4.78, 5) is 10.3. The average Bonchev–Trinajstić information content (AvgIpc) is 2.12. The maximum atomic E-state index is 11.0. The van der Waals surface area contributed by atoms with Crippen LogP contribution >= 0.6 is 0 Å². The number of aliphatic carboxylic acids is 1. The van der Waals surface area contributed by atoms with Gasteiger partial charge < -0.3 is 9.84 Å². The first kappa shape index (κ1) is 13.4. The van der Waals surface area contributed by atoms with Crippen LogP contribution in [0.5, 0.6) is 0 Å². The van der Waals surface area contributed by atoms with Gasteiger partial charge in [-0.15, -0.1) is 0 Å². The van der Waals surface area contributed by atoms with Gasteiger partial charge in [-0.2, -0.15) is 0 Å². The van der Waals surface area contributed by atoms with Crippen LogP contribution in [-0.2, 0) is 19.4 Å². The first-order valence-electron chi connectivity index (χ1n) is 4.44. The van der Waals surface area contributed by atoms with Gasteiger partial charge in [0.25, 0.3) is 0 Å². The normalized spacial score (nSPS) is 13.9. The molecule has 0 aliphatic rings. The van der Waals surface area contributed by atoms with Crippen molar-refractivity contribution in [3.8, 4) is 0 Å². The molecule has 0 spiro atoms. The largest absolute Gasteiger partial charge is 0.479 e. The molecule has 0 aliphatic carbocycles. The molecule has 0 aromatic heterocycles. The second-order valence-electron chi connectivity index (χ2n) is 2.94. The van der Waals surface area contributed by atoms with Crippen LogP contribution in [0.4, 0.5) is 0 Å². The highest BCUT2D eigenvalue weighted by Gasteiger charge is 2.11. The molecule has 0 rings (SSSR count). The van der Waals surface area contributed by atoms with Gasteiger partial charge in [0.15, 0.2) is 6.10 Å². The van der Waals surface area contributed by atoms with Crippen molar-refractivity contribution in [2.24, 2.45) is 0 Å². The summed E-state index contributed by atoms with van der Waals surface area (Å²) >= 11 is 0. The third kappa shape index (κ3) is 5.93. The van der Waals surface area contributed by atoms with Crippen molar-refractivity contribution in [1.29, 1.82) is 0 Å². The number of hydrogen-bond donors (Lipinski definition) is 1. The zero-order chi connectivity index (χ0) is 11.2. The molecular formula is C8H16O5S. The minimum atomic E-state index is -2.97. The Hall–Kier alpha value is -0.620. The molecule has 0 saturated carbocycles. The third-order valence-electron chi connectivity index (χ3n) is 1.76. The van der Waals surface area contributed by atoms with Crippen LogP contribution in [0.15, 0.2) is 0 Å². The molecule has 0 saturated heterocycles. The zero-order valence-corrected chi connectivity index (χ0v) is 9.21. The van der Waals surface area contributed by atoms with E-state index < -0.39 is 21.9 Å². The van der Waals surface area contributed by atoms with E-state index in [0.717, 1.165) is 0 Å². The molecule has 0 unspecified atom stereocenters. The molecule has 14 heavy (non-hydrogen) atoms. The van der Waals surface area contributed by atoms with E-state index >= 15 is 0 Å². The minimum Gasteiger partial charge on any atom is -0.479 e. The molecule has 5 nitrogen and oxygen atoms in total. The van der Waals surface area contributed by atoms with E-state index in [4.69, 9.17) is 9.84 Å². The Morgan fingerprint density at radius 3 is 2.50 bits per heavy atom. The predicted molar refractivity (Wildman–Crippen MR) is 52.0 cm³/mol. The van der Waals surface area contributed by atoms with Gasteiger partial charge in [0.2, 0.25) is 0 Å². The number of carboxylic acids is 1. The summed E-state index contributed by atoms with van der Waals surface area (Å²) in [6, 6.07) is 0. The fourth-order valence-electron chi connectivity index (χ4n) is 0.755. The molecule has 0 aromatic rings. The van der Waals surface area contributed by atoms with Crippen molar-refractivity contribution in [2.45, 2.75) is 26.4 Å². The second-order valence-corrected chi connectivity index (χ2v) is 5.41. The van der Waals surface area contributed by atoms with Crippen LogP contribution in [0.25, 0.3) is 0 Å². The molecule has 0 aromatic carbocycles. The lowest BCUT2D eigenvalue weighted by Crippen LogP contribution is -2.21. The Morgan fingerprint density at radius 2 is 2.07 bits per heavy atom. The first-order valence-corrected chi connectivity index (χ1v) is 6.26. The van der Waals surface area contributed by atoms with E-state index in [0.29, 0.717) is 6.42 Å². The molecule has 0 radical (unpaired) electrons. The molecule has 0 aliphatic heterocycles. The molecule has 0 fully saturated rings. The van der Waals surface area contributed by atoms with Gasteiger partial charge in [0.1, 0.15) is 9.84 Å². The Labute approximate surface area is 84.0 Å². The lowest BCUT2D eigenvalue weighted by molar-refractivity contribution is -0.149. The van der Waals surface area contributed by atoms with Crippen molar-refractivity contribution in [3.05, 3.63) is 0 Å². The number of carbonyl (C=O) groups is 1. The van der Waals surface area contributed by atoms with Crippen LogP contribution in [0.2, 0.25) is 0 Å². The molecule has 0 heterocycles. The van der Waals surface area contributed by atoms with Crippen LogP contribution in [0, 0.1) is 0 Å². The van der Waals surface area contributed by atoms with Crippen molar-refractivity contribution in [1.82, 2.24) is 0 Å². The quantitative estimate of drug-likeness (QED) is 0.629. The van der Waals surface area contributed by atoms with E-state index in [2.05, 4.69) is 0 Å². The van der Waals surface area contributed by atoms with E-state index in [9.17, 15) is 13.2 Å². The summed E-state index contributed by atoms with van der Waals surface area (Å²) in [5, 5.41) is 8.44. The Kier molecular flexibility index (Phi) is 5.71. The van der Waals surface area contributed by atoms with Crippen molar-refractivity contribution in [3.63, 3.8) is 0 Å². The average molecular weight is 224 g/mol. The van der Waals surface area contributed by atoms with Gasteiger partial charge >= 0.3 is 5.97 Å². The Bertz CT molecular complexity index is 269. The lowest BCUT2D eigenvalue weighted by Gasteiger charge is -2.07. The number of carboxylic acid groups (broad SMARTS) is 1. The van der Waals surface area contributed by atoms with Gasteiger partial charge in [-0.05, 0) is 13.3 Å². The topological polar surface area (TPSA) is 80.7 Å². The molecule has 0 bridgehead atoms. The van der Waals surface area contributed by atoms with E-state index in [1.165, 1.54) is 6.92 Å². The number of ether oxygens (including phenoxy) is 1. The fourth-order valence-corrected chi connectivity index (χ4v) is 1.60. The maximum Gasteiger partial charge on any atom is 0.332 e. The SMILES string of the molecule is CCS(=O)(=O)CCCO[C@H](C)C(=O)O. The van der Waals surface area contributed by atoms with Gasteiger partial charge in [-0.1, -0.05) is 6.92 Å². The highest BCUT2D eigenvalue weighted by atomic mass is 32.2. The van der Waals surface area contributed by atoms with E-state index in [-0.39, 0.29) is 18.1 Å². The summed E-state index contributed by atoms with van der Waals surface area (Å²) in [5.74, 6) is -0.875. The monoisotopic (exact) mass is 224 g/mol. The first-order chi connectivity index (χ1) is 6.39. The van der Waals surface area contributed by atoms with Crippen LogP contribution in [-0.4, -0.2) is 43.7 Å². The molecule has 1 atom stereocenters. The minimum absolute atomic E-state index is 0.0514. The summed E-state index contributed by atoms with van der Waals surface area (Å²) < 4.78 is 26.9. The smallest absolute Gasteiger partial charge is 0.332 e. The highest BCUT2D eigenvalue weighted by Crippen LogP contribution is 1.97. The summed E-state index contributed by atoms with van der Waals surface area (Å²) in [7, 11) is -2.97. The fraction of sp³-hybridized carbons (Fsp3) is 0.875. The number of rotatable bonds is 7. The molecule has 0 amide bonds. The van der Waals surface area contributed by atoms with Crippen LogP contribution in [0.1, 0.15) is 20.3 Å². The number of hydrogen-bond acceptors (Lipinski definition) is 4. The lowest BCUT2D eigenvalue weighted by atomic mass is 10.4. The van der Waals surface area contributed by atoms with E-state index in [1.807, 2.05) is 0 Å². The van der Waals surface area contributed by atoms with Gasteiger partial charge in [0, 0.05) is 12.4 Å². The van der Waals surface area contributed by atoms with E-state index in [1.54, 1.807) is 6.92 Å². The summed E-state index contributed by atoms with van der Waals surface area (Å²) in [5.41, 5.74) is 0.